The predicted octanol–water partition coefficient (Wildman–Crippen LogP) is 1.10. The second kappa shape index (κ2) is 3.94. The SMILES string of the molecule is CC.CCC1(O)CN(C)C1. The summed E-state index contributed by atoms with van der Waals surface area (Å²) in [5.74, 6) is 0. The molecule has 0 saturated carbocycles. The van der Waals surface area contributed by atoms with Gasteiger partial charge in [0.15, 0.2) is 0 Å². The van der Waals surface area contributed by atoms with Gasteiger partial charge in [0, 0.05) is 13.1 Å². The number of likely N-dealkylation sites (N-methyl/N-ethyl adjacent to an activating group) is 1. The third kappa shape index (κ3) is 2.27. The number of hydrogen-bond donors (Lipinski definition) is 1. The van der Waals surface area contributed by atoms with E-state index in [1.165, 1.54) is 0 Å². The maximum absolute atomic E-state index is 9.35. The number of hydrogen-bond acceptors (Lipinski definition) is 2. The fourth-order valence-corrected chi connectivity index (χ4v) is 1.18. The molecule has 1 N–H and O–H groups in total. The Bertz CT molecular complexity index is 87.3. The number of aliphatic hydroxyl groups is 1. The molecule has 1 heterocycles. The van der Waals surface area contributed by atoms with Crippen molar-refractivity contribution in [2.75, 3.05) is 20.1 Å². The van der Waals surface area contributed by atoms with E-state index in [2.05, 4.69) is 4.90 Å². The van der Waals surface area contributed by atoms with Gasteiger partial charge in [0.25, 0.3) is 0 Å². The number of likely N-dealkylation sites (tertiary alicyclic amines) is 1. The minimum atomic E-state index is -0.339. The average molecular weight is 145 g/mol. The molecule has 1 rings (SSSR count). The molecule has 1 saturated heterocycles. The summed E-state index contributed by atoms with van der Waals surface area (Å²) in [6.07, 6.45) is 0.886. The van der Waals surface area contributed by atoms with E-state index < -0.39 is 0 Å². The highest BCUT2D eigenvalue weighted by Gasteiger charge is 2.36. The smallest absolute Gasteiger partial charge is 0.0897 e. The highest BCUT2D eigenvalue weighted by molar-refractivity contribution is 4.92. The lowest BCUT2D eigenvalue weighted by molar-refractivity contribution is -0.0876. The lowest BCUT2D eigenvalue weighted by Gasteiger charge is -2.43. The van der Waals surface area contributed by atoms with E-state index in [4.69, 9.17) is 0 Å². The van der Waals surface area contributed by atoms with Gasteiger partial charge in [-0.1, -0.05) is 20.8 Å². The first-order valence-corrected chi connectivity index (χ1v) is 4.07. The molecule has 0 bridgehead atoms. The van der Waals surface area contributed by atoms with Crippen LogP contribution in [0, 0.1) is 0 Å². The van der Waals surface area contributed by atoms with E-state index in [1.807, 2.05) is 27.8 Å². The zero-order chi connectivity index (χ0) is 8.20. The third-order valence-electron chi connectivity index (χ3n) is 1.79. The Labute approximate surface area is 63.8 Å². The first-order chi connectivity index (χ1) is 4.66. The second-order valence-corrected chi connectivity index (χ2v) is 2.75. The Balaban J connectivity index is 0.000000371. The minimum Gasteiger partial charge on any atom is -0.387 e. The molecule has 0 aromatic heterocycles. The molecule has 0 aromatic rings. The summed E-state index contributed by atoms with van der Waals surface area (Å²) in [7, 11) is 2.02. The summed E-state index contributed by atoms with van der Waals surface area (Å²) >= 11 is 0. The van der Waals surface area contributed by atoms with Gasteiger partial charge in [-0.3, -0.25) is 0 Å². The summed E-state index contributed by atoms with van der Waals surface area (Å²) in [6.45, 7) is 7.72. The minimum absolute atomic E-state index is 0.339. The molecule has 0 aromatic carbocycles. The van der Waals surface area contributed by atoms with Gasteiger partial charge >= 0.3 is 0 Å². The van der Waals surface area contributed by atoms with Crippen molar-refractivity contribution in [3.05, 3.63) is 0 Å². The summed E-state index contributed by atoms with van der Waals surface area (Å²) in [5.41, 5.74) is -0.339. The highest BCUT2D eigenvalue weighted by atomic mass is 16.3. The van der Waals surface area contributed by atoms with E-state index >= 15 is 0 Å². The van der Waals surface area contributed by atoms with Crippen LogP contribution in [0.4, 0.5) is 0 Å². The van der Waals surface area contributed by atoms with Crippen LogP contribution in [0.25, 0.3) is 0 Å². The molecule has 2 heteroatoms. The molecular formula is C8H19NO. The number of β-amino-alcohol motifs (C(OH)–C–C–N with tert-alkyl or cyclic N) is 1. The van der Waals surface area contributed by atoms with Crippen LogP contribution in [0.1, 0.15) is 27.2 Å². The topological polar surface area (TPSA) is 23.5 Å². The van der Waals surface area contributed by atoms with Gasteiger partial charge in [0.05, 0.1) is 5.60 Å². The molecule has 0 amide bonds. The Morgan fingerprint density at radius 3 is 1.90 bits per heavy atom. The van der Waals surface area contributed by atoms with Crippen LogP contribution in [0.2, 0.25) is 0 Å². The van der Waals surface area contributed by atoms with E-state index in [-0.39, 0.29) is 5.60 Å². The predicted molar refractivity (Wildman–Crippen MR) is 44.1 cm³/mol. The van der Waals surface area contributed by atoms with Crippen LogP contribution >= 0.6 is 0 Å². The maximum atomic E-state index is 9.35. The van der Waals surface area contributed by atoms with Crippen molar-refractivity contribution in [2.24, 2.45) is 0 Å². The molecule has 62 valence electrons. The molecule has 0 atom stereocenters. The lowest BCUT2D eigenvalue weighted by Crippen LogP contribution is -2.59. The molecule has 1 aliphatic rings. The third-order valence-corrected chi connectivity index (χ3v) is 1.79. The molecule has 1 aliphatic heterocycles. The summed E-state index contributed by atoms with van der Waals surface area (Å²) < 4.78 is 0. The van der Waals surface area contributed by atoms with Gasteiger partial charge in [-0.05, 0) is 13.5 Å². The second-order valence-electron chi connectivity index (χ2n) is 2.75. The number of nitrogens with zero attached hydrogens (tertiary/aromatic N) is 1. The monoisotopic (exact) mass is 145 g/mol. The Hall–Kier alpha value is -0.0800. The molecule has 0 radical (unpaired) electrons. The van der Waals surface area contributed by atoms with E-state index in [0.29, 0.717) is 0 Å². The standard InChI is InChI=1S/C6H13NO.C2H6/c1-3-6(8)4-7(2)5-6;1-2/h8H,3-5H2,1-2H3;1-2H3. The zero-order valence-electron chi connectivity index (χ0n) is 7.52. The number of rotatable bonds is 1. The van der Waals surface area contributed by atoms with Gasteiger partial charge in [0.2, 0.25) is 0 Å². The van der Waals surface area contributed by atoms with Crippen molar-refractivity contribution in [3.63, 3.8) is 0 Å². The van der Waals surface area contributed by atoms with Crippen LogP contribution in [0.5, 0.6) is 0 Å². The molecular weight excluding hydrogens is 126 g/mol. The zero-order valence-corrected chi connectivity index (χ0v) is 7.52. The van der Waals surface area contributed by atoms with Crippen LogP contribution in [-0.2, 0) is 0 Å². The van der Waals surface area contributed by atoms with Gasteiger partial charge in [0.1, 0.15) is 0 Å². The average Bonchev–Trinajstić information content (AvgIpc) is 1.90. The van der Waals surface area contributed by atoms with Crippen LogP contribution in [-0.4, -0.2) is 35.7 Å². The molecule has 10 heavy (non-hydrogen) atoms. The van der Waals surface area contributed by atoms with E-state index in [0.717, 1.165) is 19.5 Å². The first kappa shape index (κ1) is 9.92. The van der Waals surface area contributed by atoms with Gasteiger partial charge in [-0.2, -0.15) is 0 Å². The van der Waals surface area contributed by atoms with Crippen molar-refractivity contribution in [2.45, 2.75) is 32.8 Å². The maximum Gasteiger partial charge on any atom is 0.0897 e. The van der Waals surface area contributed by atoms with Crippen LogP contribution < -0.4 is 0 Å². The molecule has 0 spiro atoms. The van der Waals surface area contributed by atoms with Gasteiger partial charge in [-0.15, -0.1) is 0 Å². The highest BCUT2D eigenvalue weighted by Crippen LogP contribution is 2.21. The summed E-state index contributed by atoms with van der Waals surface area (Å²) in [6, 6.07) is 0. The Kier molecular flexibility index (Phi) is 3.91. The quantitative estimate of drug-likeness (QED) is 0.597. The summed E-state index contributed by atoms with van der Waals surface area (Å²) in [5, 5.41) is 9.35. The fraction of sp³-hybridized carbons (Fsp3) is 1.00. The van der Waals surface area contributed by atoms with E-state index in [1.54, 1.807) is 0 Å². The van der Waals surface area contributed by atoms with Crippen molar-refractivity contribution in [1.29, 1.82) is 0 Å². The first-order valence-electron chi connectivity index (χ1n) is 4.07. The largest absolute Gasteiger partial charge is 0.387 e. The molecule has 0 aliphatic carbocycles. The van der Waals surface area contributed by atoms with Gasteiger partial charge in [-0.25, -0.2) is 0 Å². The molecule has 0 unspecified atom stereocenters. The summed E-state index contributed by atoms with van der Waals surface area (Å²) in [4.78, 5) is 2.11. The van der Waals surface area contributed by atoms with Gasteiger partial charge < -0.3 is 10.0 Å². The van der Waals surface area contributed by atoms with Crippen LogP contribution in [0.3, 0.4) is 0 Å². The normalized spacial score (nSPS) is 22.5. The fourth-order valence-electron chi connectivity index (χ4n) is 1.18. The Morgan fingerprint density at radius 2 is 1.80 bits per heavy atom. The van der Waals surface area contributed by atoms with Crippen molar-refractivity contribution in [3.8, 4) is 0 Å². The van der Waals surface area contributed by atoms with E-state index in [9.17, 15) is 5.11 Å². The van der Waals surface area contributed by atoms with Crippen molar-refractivity contribution >= 4 is 0 Å². The Morgan fingerprint density at radius 1 is 1.40 bits per heavy atom. The van der Waals surface area contributed by atoms with Crippen molar-refractivity contribution < 1.29 is 5.11 Å². The van der Waals surface area contributed by atoms with Crippen LogP contribution in [0.15, 0.2) is 0 Å². The molecule has 1 fully saturated rings. The van der Waals surface area contributed by atoms with Crippen molar-refractivity contribution in [1.82, 2.24) is 4.90 Å². The lowest BCUT2D eigenvalue weighted by atomic mass is 9.92. The molecule has 2 nitrogen and oxygen atoms in total.